The highest BCUT2D eigenvalue weighted by molar-refractivity contribution is 5.74. The Labute approximate surface area is 161 Å². The number of carboxylic acid groups (broad SMARTS) is 1. The Kier molecular flexibility index (Phi) is 4.12. The molecule has 1 N–H and O–H groups in total. The minimum absolute atomic E-state index is 0.215. The minimum atomic E-state index is -0.767. The molecule has 1 unspecified atom stereocenters. The molecule has 0 amide bonds. The summed E-state index contributed by atoms with van der Waals surface area (Å²) < 4.78 is 12.9. The monoisotopic (exact) mass is 380 g/mol. The van der Waals surface area contributed by atoms with E-state index in [2.05, 4.69) is 4.98 Å². The molecule has 5 rings (SSSR count). The third-order valence-corrected chi connectivity index (χ3v) is 5.40. The van der Waals surface area contributed by atoms with E-state index in [9.17, 15) is 9.90 Å². The number of benzene rings is 1. The molecule has 0 bridgehead atoms. The van der Waals surface area contributed by atoms with Gasteiger partial charge in [0.1, 0.15) is 6.04 Å². The first kappa shape index (κ1) is 17.0. The van der Waals surface area contributed by atoms with E-state index in [1.165, 1.54) is 0 Å². The van der Waals surface area contributed by atoms with Crippen LogP contribution in [0.15, 0.2) is 36.7 Å². The van der Waals surface area contributed by atoms with Gasteiger partial charge in [-0.2, -0.15) is 0 Å². The van der Waals surface area contributed by atoms with Gasteiger partial charge in [0, 0.05) is 24.5 Å². The molecule has 1 atom stereocenters. The van der Waals surface area contributed by atoms with E-state index < -0.39 is 12.0 Å². The lowest BCUT2D eigenvalue weighted by Gasteiger charge is -2.32. The van der Waals surface area contributed by atoms with Crippen molar-refractivity contribution in [1.29, 1.82) is 0 Å². The summed E-state index contributed by atoms with van der Waals surface area (Å²) in [7, 11) is 0. The Morgan fingerprint density at radius 3 is 3.04 bits per heavy atom. The zero-order chi connectivity index (χ0) is 19.1. The summed E-state index contributed by atoms with van der Waals surface area (Å²) in [6, 6.07) is 7.12. The summed E-state index contributed by atoms with van der Waals surface area (Å²) in [6.45, 7) is 1.46. The van der Waals surface area contributed by atoms with Crippen molar-refractivity contribution in [2.75, 3.05) is 13.3 Å². The summed E-state index contributed by atoms with van der Waals surface area (Å²) in [6.07, 6.45) is 6.23. The zero-order valence-electron chi connectivity index (χ0n) is 15.2. The van der Waals surface area contributed by atoms with E-state index in [1.807, 2.05) is 39.8 Å². The second-order valence-corrected chi connectivity index (χ2v) is 7.09. The maximum atomic E-state index is 11.7. The molecular formula is C20H20N4O4. The molecule has 0 radical (unpaired) electrons. The Balaban J connectivity index is 1.59. The number of carbonyl (C=O) groups is 1. The Morgan fingerprint density at radius 1 is 1.25 bits per heavy atom. The van der Waals surface area contributed by atoms with E-state index in [4.69, 9.17) is 14.5 Å². The van der Waals surface area contributed by atoms with E-state index in [0.717, 1.165) is 36.3 Å². The number of aliphatic carboxylic acids is 1. The van der Waals surface area contributed by atoms with Crippen molar-refractivity contribution in [2.45, 2.75) is 31.8 Å². The fourth-order valence-electron chi connectivity index (χ4n) is 4.01. The Morgan fingerprint density at radius 2 is 2.14 bits per heavy atom. The zero-order valence-corrected chi connectivity index (χ0v) is 15.2. The van der Waals surface area contributed by atoms with Crippen molar-refractivity contribution < 1.29 is 19.4 Å². The number of carboxylic acids is 1. The third kappa shape index (κ3) is 2.86. The van der Waals surface area contributed by atoms with E-state index in [0.29, 0.717) is 30.2 Å². The van der Waals surface area contributed by atoms with Gasteiger partial charge in [-0.05, 0) is 43.7 Å². The van der Waals surface area contributed by atoms with Crippen molar-refractivity contribution in [1.82, 2.24) is 19.3 Å². The first-order valence-electron chi connectivity index (χ1n) is 9.39. The van der Waals surface area contributed by atoms with Gasteiger partial charge in [-0.1, -0.05) is 6.42 Å². The molecule has 1 saturated heterocycles. The molecule has 0 aliphatic carbocycles. The fourth-order valence-corrected chi connectivity index (χ4v) is 4.01. The highest BCUT2D eigenvalue weighted by atomic mass is 16.7. The highest BCUT2D eigenvalue weighted by Gasteiger charge is 2.30. The molecule has 8 nitrogen and oxygen atoms in total. The van der Waals surface area contributed by atoms with Gasteiger partial charge in [0.25, 0.3) is 0 Å². The average molecular weight is 380 g/mol. The Bertz CT molecular complexity index is 1050. The van der Waals surface area contributed by atoms with Crippen LogP contribution in [0.4, 0.5) is 0 Å². The first-order valence-corrected chi connectivity index (χ1v) is 9.39. The molecule has 2 aliphatic rings. The van der Waals surface area contributed by atoms with Gasteiger partial charge in [-0.25, -0.2) is 9.97 Å². The molecule has 1 aromatic carbocycles. The van der Waals surface area contributed by atoms with Gasteiger partial charge in [0.2, 0.25) is 12.6 Å². The number of likely N-dealkylation sites (tertiary alicyclic amines) is 1. The standard InChI is InChI=1S/C20H20N4O4/c25-19(26)14-4-1-2-8-23(14)11-15-18(22-20-21-7-3-9-24(15)20)13-5-6-16-17(10-13)28-12-27-16/h3,5-7,9-10,14H,1-2,4,8,11-12H2,(H,25,26). The molecule has 3 aromatic rings. The molecular weight excluding hydrogens is 360 g/mol. The van der Waals surface area contributed by atoms with Gasteiger partial charge in [0.15, 0.2) is 11.5 Å². The van der Waals surface area contributed by atoms with E-state index in [1.54, 1.807) is 6.20 Å². The van der Waals surface area contributed by atoms with Gasteiger partial charge >= 0.3 is 5.97 Å². The van der Waals surface area contributed by atoms with Crippen molar-refractivity contribution in [2.24, 2.45) is 0 Å². The van der Waals surface area contributed by atoms with Crippen molar-refractivity contribution in [3.05, 3.63) is 42.4 Å². The minimum Gasteiger partial charge on any atom is -0.480 e. The molecule has 1 fully saturated rings. The number of hydrogen-bond donors (Lipinski definition) is 1. The van der Waals surface area contributed by atoms with Gasteiger partial charge in [-0.15, -0.1) is 0 Å². The highest BCUT2D eigenvalue weighted by Crippen LogP contribution is 2.37. The molecule has 2 aromatic heterocycles. The molecule has 144 valence electrons. The molecule has 0 saturated carbocycles. The number of rotatable bonds is 4. The van der Waals surface area contributed by atoms with Crippen molar-refractivity contribution in [3.63, 3.8) is 0 Å². The molecule has 2 aliphatic heterocycles. The lowest BCUT2D eigenvalue weighted by Crippen LogP contribution is -2.44. The van der Waals surface area contributed by atoms with Gasteiger partial charge in [0.05, 0.1) is 11.4 Å². The van der Waals surface area contributed by atoms with Crippen LogP contribution in [0.3, 0.4) is 0 Å². The summed E-state index contributed by atoms with van der Waals surface area (Å²) >= 11 is 0. The second-order valence-electron chi connectivity index (χ2n) is 7.09. The number of aromatic nitrogens is 3. The van der Waals surface area contributed by atoms with Gasteiger partial charge in [-0.3, -0.25) is 14.1 Å². The quantitative estimate of drug-likeness (QED) is 0.744. The molecule has 4 heterocycles. The van der Waals surface area contributed by atoms with E-state index in [-0.39, 0.29) is 6.79 Å². The number of hydrogen-bond acceptors (Lipinski definition) is 6. The number of nitrogens with zero attached hydrogens (tertiary/aromatic N) is 4. The van der Waals surface area contributed by atoms with Crippen LogP contribution in [-0.2, 0) is 11.3 Å². The average Bonchev–Trinajstić information content (AvgIpc) is 3.32. The van der Waals surface area contributed by atoms with Crippen LogP contribution in [0.2, 0.25) is 0 Å². The first-order chi connectivity index (χ1) is 13.7. The Hall–Kier alpha value is -3.13. The van der Waals surface area contributed by atoms with Crippen LogP contribution in [0, 0.1) is 0 Å². The second kappa shape index (κ2) is 6.79. The predicted molar refractivity (Wildman–Crippen MR) is 100 cm³/mol. The molecule has 0 spiro atoms. The van der Waals surface area contributed by atoms with Crippen LogP contribution in [0.25, 0.3) is 17.0 Å². The van der Waals surface area contributed by atoms with Crippen molar-refractivity contribution >= 4 is 11.7 Å². The van der Waals surface area contributed by atoms with E-state index >= 15 is 0 Å². The summed E-state index contributed by atoms with van der Waals surface area (Å²) in [5.41, 5.74) is 2.61. The van der Waals surface area contributed by atoms with Crippen LogP contribution < -0.4 is 9.47 Å². The summed E-state index contributed by atoms with van der Waals surface area (Å²) in [4.78, 5) is 22.9. The number of fused-ring (bicyclic) bond motifs is 2. The topological polar surface area (TPSA) is 89.2 Å². The van der Waals surface area contributed by atoms with Gasteiger partial charge < -0.3 is 14.6 Å². The summed E-state index contributed by atoms with van der Waals surface area (Å²) in [5.74, 6) is 1.23. The van der Waals surface area contributed by atoms with Crippen molar-refractivity contribution in [3.8, 4) is 22.8 Å². The summed E-state index contributed by atoms with van der Waals surface area (Å²) in [5, 5.41) is 9.64. The van der Waals surface area contributed by atoms with Crippen LogP contribution in [0.1, 0.15) is 25.0 Å². The lowest BCUT2D eigenvalue weighted by molar-refractivity contribution is -0.144. The maximum Gasteiger partial charge on any atom is 0.320 e. The van der Waals surface area contributed by atoms with Crippen LogP contribution in [-0.4, -0.2) is 49.7 Å². The number of imidazole rings is 1. The van der Waals surface area contributed by atoms with Crippen LogP contribution >= 0.6 is 0 Å². The maximum absolute atomic E-state index is 11.7. The molecule has 8 heteroatoms. The lowest BCUT2D eigenvalue weighted by atomic mass is 10.0. The SMILES string of the molecule is O=C(O)C1CCCCN1Cc1c(-c2ccc3c(c2)OCO3)nc2ncccn12. The molecule has 28 heavy (non-hydrogen) atoms. The van der Waals surface area contributed by atoms with Crippen LogP contribution in [0.5, 0.6) is 11.5 Å². The normalized spacial score (nSPS) is 19.2. The number of piperidine rings is 1. The smallest absolute Gasteiger partial charge is 0.320 e. The third-order valence-electron chi connectivity index (χ3n) is 5.40. The largest absolute Gasteiger partial charge is 0.480 e. The predicted octanol–water partition coefficient (Wildman–Crippen LogP) is 2.56. The fraction of sp³-hybridized carbons (Fsp3) is 0.350. The number of ether oxygens (including phenoxy) is 2.